The molecule has 2 aromatic carbocycles. The van der Waals surface area contributed by atoms with Gasteiger partial charge in [-0.3, -0.25) is 9.69 Å². The molecule has 4 heteroatoms. The fraction of sp³-hybridized carbons (Fsp3) is 0.381. The number of piperazine rings is 1. The molecule has 3 rings (SSSR count). The van der Waals surface area contributed by atoms with Gasteiger partial charge in [-0.25, -0.2) is 0 Å². The molecule has 0 saturated carbocycles. The Kier molecular flexibility index (Phi) is 5.39. The summed E-state index contributed by atoms with van der Waals surface area (Å²) in [7, 11) is 1.70. The SMILES string of the molecule is COc1ccc(CN2CCN(C(=O)c3ccc(C)cc3)CC2)cc1C. The van der Waals surface area contributed by atoms with Crippen LogP contribution in [0.5, 0.6) is 5.75 Å². The van der Waals surface area contributed by atoms with Crippen LogP contribution in [0.4, 0.5) is 0 Å². The maximum atomic E-state index is 12.6. The topological polar surface area (TPSA) is 32.8 Å². The lowest BCUT2D eigenvalue weighted by Crippen LogP contribution is -2.48. The summed E-state index contributed by atoms with van der Waals surface area (Å²) in [6.07, 6.45) is 0. The van der Waals surface area contributed by atoms with E-state index in [0.29, 0.717) is 0 Å². The second kappa shape index (κ2) is 7.70. The minimum absolute atomic E-state index is 0.139. The van der Waals surface area contributed by atoms with E-state index in [-0.39, 0.29) is 5.91 Å². The number of carbonyl (C=O) groups is 1. The van der Waals surface area contributed by atoms with Crippen molar-refractivity contribution in [3.63, 3.8) is 0 Å². The molecule has 0 aromatic heterocycles. The van der Waals surface area contributed by atoms with Crippen molar-refractivity contribution in [3.05, 3.63) is 64.7 Å². The van der Waals surface area contributed by atoms with E-state index < -0.39 is 0 Å². The third-order valence-electron chi connectivity index (χ3n) is 4.82. The van der Waals surface area contributed by atoms with Crippen LogP contribution in [0.25, 0.3) is 0 Å². The van der Waals surface area contributed by atoms with E-state index in [9.17, 15) is 4.79 Å². The zero-order valence-corrected chi connectivity index (χ0v) is 15.3. The van der Waals surface area contributed by atoms with Crippen LogP contribution in [0.2, 0.25) is 0 Å². The molecule has 1 amide bonds. The van der Waals surface area contributed by atoms with Crippen molar-refractivity contribution >= 4 is 5.91 Å². The van der Waals surface area contributed by atoms with E-state index in [1.807, 2.05) is 42.2 Å². The number of rotatable bonds is 4. The smallest absolute Gasteiger partial charge is 0.253 e. The molecular weight excluding hydrogens is 312 g/mol. The van der Waals surface area contributed by atoms with Crippen molar-refractivity contribution in [3.8, 4) is 5.75 Å². The van der Waals surface area contributed by atoms with E-state index in [1.165, 1.54) is 11.1 Å². The molecule has 0 spiro atoms. The zero-order valence-electron chi connectivity index (χ0n) is 15.3. The molecule has 4 nitrogen and oxygen atoms in total. The van der Waals surface area contributed by atoms with Crippen molar-refractivity contribution in [1.29, 1.82) is 0 Å². The summed E-state index contributed by atoms with van der Waals surface area (Å²) in [6, 6.07) is 14.2. The van der Waals surface area contributed by atoms with E-state index in [0.717, 1.165) is 49.6 Å². The van der Waals surface area contributed by atoms with Crippen LogP contribution >= 0.6 is 0 Å². The monoisotopic (exact) mass is 338 g/mol. The molecule has 0 N–H and O–H groups in total. The quantitative estimate of drug-likeness (QED) is 0.858. The van der Waals surface area contributed by atoms with Gasteiger partial charge in [0.15, 0.2) is 0 Å². The lowest BCUT2D eigenvalue weighted by atomic mass is 10.1. The van der Waals surface area contributed by atoms with Gasteiger partial charge in [0.05, 0.1) is 7.11 Å². The Labute approximate surface area is 150 Å². The first-order chi connectivity index (χ1) is 12.1. The van der Waals surface area contributed by atoms with Gasteiger partial charge in [0, 0.05) is 38.3 Å². The van der Waals surface area contributed by atoms with Gasteiger partial charge in [-0.05, 0) is 43.2 Å². The third kappa shape index (κ3) is 4.20. The Morgan fingerprint density at radius 3 is 2.28 bits per heavy atom. The number of hydrogen-bond acceptors (Lipinski definition) is 3. The molecule has 1 aliphatic rings. The minimum atomic E-state index is 0.139. The lowest BCUT2D eigenvalue weighted by molar-refractivity contribution is 0.0628. The summed E-state index contributed by atoms with van der Waals surface area (Å²) in [5.41, 5.74) is 4.41. The molecule has 132 valence electrons. The van der Waals surface area contributed by atoms with Crippen molar-refractivity contribution < 1.29 is 9.53 Å². The average molecular weight is 338 g/mol. The van der Waals surface area contributed by atoms with Crippen molar-refractivity contribution in [1.82, 2.24) is 9.80 Å². The molecule has 1 aliphatic heterocycles. The first-order valence-corrected chi connectivity index (χ1v) is 8.78. The van der Waals surface area contributed by atoms with Gasteiger partial charge >= 0.3 is 0 Å². The maximum absolute atomic E-state index is 12.6. The van der Waals surface area contributed by atoms with Crippen LogP contribution in [0.1, 0.15) is 27.0 Å². The maximum Gasteiger partial charge on any atom is 0.253 e. The number of nitrogens with zero attached hydrogens (tertiary/aromatic N) is 2. The lowest BCUT2D eigenvalue weighted by Gasteiger charge is -2.35. The number of carbonyl (C=O) groups excluding carboxylic acids is 1. The molecular formula is C21H26N2O2. The summed E-state index contributed by atoms with van der Waals surface area (Å²) in [6.45, 7) is 8.39. The Hall–Kier alpha value is -2.33. The molecule has 25 heavy (non-hydrogen) atoms. The first-order valence-electron chi connectivity index (χ1n) is 8.78. The number of ether oxygens (including phenoxy) is 1. The molecule has 1 saturated heterocycles. The summed E-state index contributed by atoms with van der Waals surface area (Å²) in [5, 5.41) is 0. The summed E-state index contributed by atoms with van der Waals surface area (Å²) in [5.74, 6) is 1.07. The number of aryl methyl sites for hydroxylation is 2. The van der Waals surface area contributed by atoms with Gasteiger partial charge in [0.25, 0.3) is 5.91 Å². The van der Waals surface area contributed by atoms with Gasteiger partial charge in [0.1, 0.15) is 5.75 Å². The number of benzene rings is 2. The van der Waals surface area contributed by atoms with E-state index in [4.69, 9.17) is 4.74 Å². The number of hydrogen-bond donors (Lipinski definition) is 0. The molecule has 2 aromatic rings. The fourth-order valence-electron chi connectivity index (χ4n) is 3.28. The number of amides is 1. The standard InChI is InChI=1S/C21H26N2O2/c1-16-4-7-19(8-5-16)21(24)23-12-10-22(11-13-23)15-18-6-9-20(25-3)17(2)14-18/h4-9,14H,10-13,15H2,1-3H3. The molecule has 0 radical (unpaired) electrons. The molecule has 0 unspecified atom stereocenters. The highest BCUT2D eigenvalue weighted by atomic mass is 16.5. The zero-order chi connectivity index (χ0) is 17.8. The second-order valence-corrected chi connectivity index (χ2v) is 6.74. The Morgan fingerprint density at radius 1 is 1.00 bits per heavy atom. The van der Waals surface area contributed by atoms with Crippen LogP contribution < -0.4 is 4.74 Å². The van der Waals surface area contributed by atoms with Crippen LogP contribution in [-0.2, 0) is 6.54 Å². The van der Waals surface area contributed by atoms with E-state index >= 15 is 0 Å². The molecule has 0 bridgehead atoms. The van der Waals surface area contributed by atoms with Gasteiger partial charge in [-0.1, -0.05) is 29.8 Å². The third-order valence-corrected chi connectivity index (χ3v) is 4.82. The van der Waals surface area contributed by atoms with Crippen LogP contribution in [0.15, 0.2) is 42.5 Å². The second-order valence-electron chi connectivity index (χ2n) is 6.74. The van der Waals surface area contributed by atoms with Crippen molar-refractivity contribution in [2.45, 2.75) is 20.4 Å². The Balaban J connectivity index is 1.55. The van der Waals surface area contributed by atoms with Crippen LogP contribution in [-0.4, -0.2) is 49.0 Å². The summed E-state index contributed by atoms with van der Waals surface area (Å²) < 4.78 is 5.32. The van der Waals surface area contributed by atoms with Gasteiger partial charge in [-0.15, -0.1) is 0 Å². The molecule has 0 atom stereocenters. The predicted octanol–water partition coefficient (Wildman–Crippen LogP) is 3.27. The van der Waals surface area contributed by atoms with Crippen LogP contribution in [0, 0.1) is 13.8 Å². The highest BCUT2D eigenvalue weighted by Gasteiger charge is 2.22. The molecule has 1 fully saturated rings. The average Bonchev–Trinajstić information content (AvgIpc) is 2.63. The Bertz CT molecular complexity index is 732. The highest BCUT2D eigenvalue weighted by Crippen LogP contribution is 2.20. The summed E-state index contributed by atoms with van der Waals surface area (Å²) >= 11 is 0. The normalized spacial score (nSPS) is 15.2. The highest BCUT2D eigenvalue weighted by molar-refractivity contribution is 5.94. The van der Waals surface area contributed by atoms with E-state index in [1.54, 1.807) is 7.11 Å². The van der Waals surface area contributed by atoms with Crippen LogP contribution in [0.3, 0.4) is 0 Å². The van der Waals surface area contributed by atoms with Gasteiger partial charge < -0.3 is 9.64 Å². The molecule has 0 aliphatic carbocycles. The van der Waals surface area contributed by atoms with Crippen molar-refractivity contribution in [2.75, 3.05) is 33.3 Å². The largest absolute Gasteiger partial charge is 0.496 e. The first kappa shape index (κ1) is 17.5. The fourth-order valence-corrected chi connectivity index (χ4v) is 3.28. The summed E-state index contributed by atoms with van der Waals surface area (Å²) in [4.78, 5) is 16.9. The minimum Gasteiger partial charge on any atom is -0.496 e. The van der Waals surface area contributed by atoms with E-state index in [2.05, 4.69) is 24.0 Å². The Morgan fingerprint density at radius 2 is 1.68 bits per heavy atom. The van der Waals surface area contributed by atoms with Gasteiger partial charge in [0.2, 0.25) is 0 Å². The molecule has 1 heterocycles. The van der Waals surface area contributed by atoms with Gasteiger partial charge in [-0.2, -0.15) is 0 Å². The van der Waals surface area contributed by atoms with Crippen molar-refractivity contribution in [2.24, 2.45) is 0 Å². The predicted molar refractivity (Wildman–Crippen MR) is 100 cm³/mol. The number of methoxy groups -OCH3 is 1.